The molecule has 0 aliphatic carbocycles. The van der Waals surface area contributed by atoms with E-state index in [1.165, 1.54) is 0 Å². The van der Waals surface area contributed by atoms with E-state index in [0.29, 0.717) is 30.3 Å². The van der Waals surface area contributed by atoms with Crippen LogP contribution < -0.4 is 0 Å². The van der Waals surface area contributed by atoms with Crippen molar-refractivity contribution in [3.05, 3.63) is 146 Å². The molecule has 0 aromatic carbocycles. The van der Waals surface area contributed by atoms with Gasteiger partial charge < -0.3 is 28.5 Å². The monoisotopic (exact) mass is 929 g/mol. The number of carbonyl (C=O) groups is 3. The molecule has 0 saturated carbocycles. The molecule has 0 fully saturated rings. The van der Waals surface area contributed by atoms with Crippen LogP contribution in [0.5, 0.6) is 0 Å². The Bertz CT molecular complexity index is 1600. The van der Waals surface area contributed by atoms with Crippen molar-refractivity contribution < 1.29 is 42.9 Å². The van der Waals surface area contributed by atoms with Crippen molar-refractivity contribution in [2.75, 3.05) is 47.5 Å². The third kappa shape index (κ3) is 48.9. The summed E-state index contributed by atoms with van der Waals surface area (Å²) in [5.41, 5.74) is 0. The maximum absolute atomic E-state index is 12.8. The van der Waals surface area contributed by atoms with Gasteiger partial charge in [0.25, 0.3) is 6.29 Å². The van der Waals surface area contributed by atoms with Crippen molar-refractivity contribution in [2.45, 2.75) is 155 Å². The summed E-state index contributed by atoms with van der Waals surface area (Å²) in [4.78, 5) is 37.2. The number of hydrogen-bond acceptors (Lipinski definition) is 7. The van der Waals surface area contributed by atoms with Gasteiger partial charge in [0.05, 0.1) is 34.4 Å². The molecule has 2 atom stereocenters. The molecule has 67 heavy (non-hydrogen) atoms. The Morgan fingerprint density at radius 1 is 0.448 bits per heavy atom. The van der Waals surface area contributed by atoms with Gasteiger partial charge in [-0.1, -0.05) is 166 Å². The van der Waals surface area contributed by atoms with Gasteiger partial charge in [-0.15, -0.1) is 0 Å². The maximum Gasteiger partial charge on any atom is 0.361 e. The highest BCUT2D eigenvalue weighted by Crippen LogP contribution is 2.10. The van der Waals surface area contributed by atoms with Crippen LogP contribution in [0.25, 0.3) is 0 Å². The molecule has 2 unspecified atom stereocenters. The van der Waals surface area contributed by atoms with Crippen LogP contribution in [-0.2, 0) is 33.3 Å². The van der Waals surface area contributed by atoms with Gasteiger partial charge in [0.1, 0.15) is 13.2 Å². The molecule has 9 heteroatoms. The minimum atomic E-state index is -1.54. The van der Waals surface area contributed by atoms with Gasteiger partial charge in [0.2, 0.25) is 0 Å². The van der Waals surface area contributed by atoms with Gasteiger partial charge in [-0.2, -0.15) is 0 Å². The SMILES string of the molecule is CC/C=C\C/C=C\C/C=C\C/C=C\C/C=C\C/C=C\C/C=C\CCCC(=O)OC(COC(=O)CCCCC/C=C\C/C=C\C/C=C\C/C=C\C/C=C\CC)COC(OCC[N+](C)(C)C)C(=O)O. The predicted molar refractivity (Wildman–Crippen MR) is 280 cm³/mol. The first kappa shape index (κ1) is 62.2. The summed E-state index contributed by atoms with van der Waals surface area (Å²) in [5, 5.41) is 9.67. The van der Waals surface area contributed by atoms with Gasteiger partial charge >= 0.3 is 17.9 Å². The lowest BCUT2D eigenvalue weighted by atomic mass is 10.1. The number of quaternary nitrogens is 1. The summed E-state index contributed by atoms with van der Waals surface area (Å²) in [5.74, 6) is -2.16. The normalized spacial score (nSPS) is 14.1. The fraction of sp³-hybridized carbons (Fsp3) is 0.534. The lowest BCUT2D eigenvalue weighted by Crippen LogP contribution is -2.40. The van der Waals surface area contributed by atoms with Crippen LogP contribution in [0.2, 0.25) is 0 Å². The summed E-state index contributed by atoms with van der Waals surface area (Å²) in [6.07, 6.45) is 66.3. The summed E-state index contributed by atoms with van der Waals surface area (Å²) < 4.78 is 22.7. The third-order valence-electron chi connectivity index (χ3n) is 9.59. The number of hydrogen-bond donors (Lipinski definition) is 1. The summed E-state index contributed by atoms with van der Waals surface area (Å²) >= 11 is 0. The topological polar surface area (TPSA) is 108 Å². The highest BCUT2D eigenvalue weighted by molar-refractivity contribution is 5.71. The molecule has 0 aliphatic heterocycles. The minimum Gasteiger partial charge on any atom is -0.477 e. The molecule has 1 N–H and O–H groups in total. The van der Waals surface area contributed by atoms with E-state index in [-0.39, 0.29) is 32.7 Å². The molecule has 0 spiro atoms. The number of carboxylic acids is 1. The fourth-order valence-corrected chi connectivity index (χ4v) is 5.79. The Kier molecular flexibility index (Phi) is 44.2. The van der Waals surface area contributed by atoms with Crippen LogP contribution in [0.15, 0.2) is 146 Å². The Hall–Kier alpha value is -4.83. The number of rotatable bonds is 43. The molecular weight excluding hydrogens is 839 g/mol. The second-order valence-electron chi connectivity index (χ2n) is 17.0. The lowest BCUT2D eigenvalue weighted by Gasteiger charge is -2.25. The van der Waals surface area contributed by atoms with Crippen molar-refractivity contribution in [3.63, 3.8) is 0 Å². The molecule has 0 aromatic rings. The average Bonchev–Trinajstić information content (AvgIpc) is 3.29. The molecule has 0 aliphatic rings. The van der Waals surface area contributed by atoms with E-state index in [2.05, 4.69) is 154 Å². The molecule has 0 aromatic heterocycles. The summed E-state index contributed by atoms with van der Waals surface area (Å²) in [6, 6.07) is 0. The quantitative estimate of drug-likeness (QED) is 0.0212. The van der Waals surface area contributed by atoms with Crippen molar-refractivity contribution in [1.29, 1.82) is 0 Å². The second-order valence-corrected chi connectivity index (χ2v) is 17.0. The fourth-order valence-electron chi connectivity index (χ4n) is 5.79. The molecule has 0 saturated heterocycles. The molecule has 0 heterocycles. The Balaban J connectivity index is 4.58. The number of carbonyl (C=O) groups excluding carboxylic acids is 2. The van der Waals surface area contributed by atoms with Crippen LogP contribution in [0.1, 0.15) is 142 Å². The Labute approximate surface area is 407 Å². The number of ether oxygens (including phenoxy) is 4. The van der Waals surface area contributed by atoms with E-state index in [1.807, 2.05) is 27.2 Å². The number of nitrogens with zero attached hydrogens (tertiary/aromatic N) is 1. The Morgan fingerprint density at radius 3 is 1.21 bits per heavy atom. The largest absolute Gasteiger partial charge is 0.477 e. The second kappa shape index (κ2) is 47.7. The van der Waals surface area contributed by atoms with E-state index in [1.54, 1.807) is 0 Å². The van der Waals surface area contributed by atoms with E-state index in [9.17, 15) is 19.5 Å². The zero-order chi connectivity index (χ0) is 49.2. The van der Waals surface area contributed by atoms with Gasteiger partial charge in [-0.3, -0.25) is 9.59 Å². The standard InChI is InChI=1S/C58H89NO8/c1-6-8-10-12-14-16-18-20-22-24-26-27-28-29-31-33-35-37-39-41-43-45-47-49-56(61)67-54(53-66-58(57(62)63)64-51-50-59(3,4)5)52-65-55(60)48-46-44-42-40-38-36-34-32-30-25-23-21-19-17-15-13-11-9-7-2/h8-11,14-17,20-23,26-27,29-32,35-38,41,43,54,58H,6-7,12-13,18-19,24-25,28,33-34,39-40,42,44-53H2,1-5H3/p+1/b10-8-,11-9-,16-14-,17-15-,22-20-,23-21-,27-26-,31-29-,32-30-,37-35-,38-36-,43-41-. The molecule has 9 nitrogen and oxygen atoms in total. The number of likely N-dealkylation sites (N-methyl/N-ethyl adjacent to an activating group) is 1. The van der Waals surface area contributed by atoms with Gasteiger partial charge in [-0.05, 0) is 109 Å². The Morgan fingerprint density at radius 2 is 0.821 bits per heavy atom. The van der Waals surface area contributed by atoms with Crippen LogP contribution in [-0.4, -0.2) is 87.4 Å². The first-order chi connectivity index (χ1) is 32.6. The minimum absolute atomic E-state index is 0.161. The van der Waals surface area contributed by atoms with Crippen molar-refractivity contribution in [2.24, 2.45) is 0 Å². The number of carboxylic acid groups (broad SMARTS) is 1. The molecule has 374 valence electrons. The number of unbranched alkanes of at least 4 members (excludes halogenated alkanes) is 4. The van der Waals surface area contributed by atoms with Gasteiger partial charge in [0.15, 0.2) is 6.10 Å². The maximum atomic E-state index is 12.8. The summed E-state index contributed by atoms with van der Waals surface area (Å²) in [6.45, 7) is 4.49. The van der Waals surface area contributed by atoms with Crippen LogP contribution in [0.4, 0.5) is 0 Å². The van der Waals surface area contributed by atoms with E-state index in [4.69, 9.17) is 18.9 Å². The van der Waals surface area contributed by atoms with Gasteiger partial charge in [0, 0.05) is 12.8 Å². The first-order valence-corrected chi connectivity index (χ1v) is 25.0. The van der Waals surface area contributed by atoms with Crippen molar-refractivity contribution >= 4 is 17.9 Å². The predicted octanol–water partition coefficient (Wildman–Crippen LogP) is 14.1. The zero-order valence-corrected chi connectivity index (χ0v) is 42.2. The molecule has 0 bridgehead atoms. The summed E-state index contributed by atoms with van der Waals surface area (Å²) in [7, 11) is 5.91. The highest BCUT2D eigenvalue weighted by atomic mass is 16.7. The molecular formula is C58H90NO8+. The smallest absolute Gasteiger partial charge is 0.361 e. The van der Waals surface area contributed by atoms with Crippen molar-refractivity contribution in [3.8, 4) is 0 Å². The van der Waals surface area contributed by atoms with Crippen LogP contribution >= 0.6 is 0 Å². The molecule has 0 rings (SSSR count). The zero-order valence-electron chi connectivity index (χ0n) is 42.2. The number of esters is 2. The van der Waals surface area contributed by atoms with E-state index >= 15 is 0 Å². The lowest BCUT2D eigenvalue weighted by molar-refractivity contribution is -0.870. The van der Waals surface area contributed by atoms with Crippen LogP contribution in [0, 0.1) is 0 Å². The number of aliphatic carboxylic acids is 1. The van der Waals surface area contributed by atoms with E-state index < -0.39 is 30.3 Å². The third-order valence-corrected chi connectivity index (χ3v) is 9.59. The van der Waals surface area contributed by atoms with Gasteiger partial charge in [-0.25, -0.2) is 4.79 Å². The highest BCUT2D eigenvalue weighted by Gasteiger charge is 2.25. The average molecular weight is 929 g/mol. The molecule has 0 amide bonds. The van der Waals surface area contributed by atoms with Crippen molar-refractivity contribution in [1.82, 2.24) is 0 Å². The van der Waals surface area contributed by atoms with E-state index in [0.717, 1.165) is 96.3 Å². The van der Waals surface area contributed by atoms with Crippen LogP contribution in [0.3, 0.4) is 0 Å². The number of allylic oxidation sites excluding steroid dienone is 24. The first-order valence-electron chi connectivity index (χ1n) is 25.0. The molecule has 0 radical (unpaired) electrons.